The number of carboxylic acids is 4. The summed E-state index contributed by atoms with van der Waals surface area (Å²) in [5.41, 5.74) is 0. The van der Waals surface area contributed by atoms with Crippen LogP contribution < -0.4 is 80.0 Å². The maximum atomic E-state index is 9.84. The van der Waals surface area contributed by atoms with Crippen molar-refractivity contribution in [3.8, 4) is 0 Å². The van der Waals surface area contributed by atoms with E-state index in [1.165, 1.54) is 0 Å². The number of hydrogen-bond acceptors (Lipinski definition) is 8. The first-order valence-electron chi connectivity index (χ1n) is 5.50. The van der Waals surface area contributed by atoms with E-state index < -0.39 is 23.9 Å². The average Bonchev–Trinajstić information content (AvgIpc) is 2.30. The molecule has 6 N–H and O–H groups in total. The minimum absolute atomic E-state index is 0. The minimum atomic E-state index is -1.23. The molecule has 124 valence electrons. The summed E-state index contributed by atoms with van der Waals surface area (Å²) >= 11 is 0. The monoisotopic (exact) mass is 356 g/mol. The van der Waals surface area contributed by atoms with Gasteiger partial charge in [-0.25, -0.2) is 0 Å². The van der Waals surface area contributed by atoms with Crippen molar-refractivity contribution < 1.29 is 104 Å². The van der Waals surface area contributed by atoms with Gasteiger partial charge in [0.1, 0.15) is 0 Å². The van der Waals surface area contributed by atoms with E-state index >= 15 is 0 Å². The van der Waals surface area contributed by atoms with E-state index in [1.54, 1.807) is 0 Å². The number of carbonyl (C=O) groups excluding carboxylic acids is 2. The molecule has 0 spiro atoms. The maximum absolute atomic E-state index is 9.84. The number of carbonyl (C=O) groups is 4. The van der Waals surface area contributed by atoms with Crippen molar-refractivity contribution in [3.05, 3.63) is 0 Å². The Balaban J connectivity index is -0.0000000831. The van der Waals surface area contributed by atoms with Crippen LogP contribution in [0.25, 0.3) is 0 Å². The van der Waals surface area contributed by atoms with Gasteiger partial charge in [-0.2, -0.15) is 0 Å². The van der Waals surface area contributed by atoms with Gasteiger partial charge >= 0.3 is 71.1 Å². The van der Waals surface area contributed by atoms with Crippen molar-refractivity contribution in [2.24, 2.45) is 0 Å². The summed E-state index contributed by atoms with van der Waals surface area (Å²) < 4.78 is 0. The summed E-state index contributed by atoms with van der Waals surface area (Å²) in [5, 5.41) is 40.3. The SMILES string of the molecule is O.O=C([O-])CNCCC(=O)O.O=C([O-])CNCCC(=O)O.[Na+].[Na+]. The summed E-state index contributed by atoms with van der Waals surface area (Å²) in [6.07, 6.45) is -0.152. The number of rotatable bonds is 10. The van der Waals surface area contributed by atoms with Gasteiger partial charge in [-0.3, -0.25) is 9.59 Å². The Labute approximate surface area is 176 Å². The van der Waals surface area contributed by atoms with Crippen LogP contribution in [0, 0.1) is 0 Å². The normalized spacial score (nSPS) is 8.00. The molecule has 11 nitrogen and oxygen atoms in total. The predicted octanol–water partition coefficient (Wildman–Crippen LogP) is -11.2. The summed E-state index contributed by atoms with van der Waals surface area (Å²) in [4.78, 5) is 39.1. The van der Waals surface area contributed by atoms with E-state index in [4.69, 9.17) is 10.2 Å². The number of aliphatic carboxylic acids is 4. The van der Waals surface area contributed by atoms with Crippen molar-refractivity contribution in [1.29, 1.82) is 0 Å². The third-order valence-corrected chi connectivity index (χ3v) is 1.57. The molecule has 0 heterocycles. The molecular weight excluding hydrogens is 338 g/mol. The smallest absolute Gasteiger partial charge is 0.549 e. The van der Waals surface area contributed by atoms with E-state index in [0.29, 0.717) is 0 Å². The molecule has 0 aromatic rings. The van der Waals surface area contributed by atoms with Crippen LogP contribution >= 0.6 is 0 Å². The van der Waals surface area contributed by atoms with E-state index in [-0.39, 0.29) is 104 Å². The second-order valence-corrected chi connectivity index (χ2v) is 3.39. The summed E-state index contributed by atoms with van der Waals surface area (Å²) in [6.45, 7) is -0.285. The van der Waals surface area contributed by atoms with Gasteiger partial charge in [-0.1, -0.05) is 0 Å². The Hall–Kier alpha value is -0.240. The quantitative estimate of drug-likeness (QED) is 0.214. The van der Waals surface area contributed by atoms with Crippen molar-refractivity contribution >= 4 is 23.9 Å². The first-order valence-corrected chi connectivity index (χ1v) is 5.50. The Morgan fingerprint density at radius 3 is 1.17 bits per heavy atom. The molecule has 0 aliphatic carbocycles. The summed E-state index contributed by atoms with van der Waals surface area (Å²) in [6, 6.07) is 0. The fourth-order valence-electron chi connectivity index (χ4n) is 0.772. The van der Waals surface area contributed by atoms with Gasteiger partial charge in [0, 0.05) is 26.2 Å². The first-order chi connectivity index (χ1) is 9.25. The van der Waals surface area contributed by atoms with Crippen LogP contribution in [-0.2, 0) is 19.2 Å². The van der Waals surface area contributed by atoms with Crippen LogP contribution in [0.15, 0.2) is 0 Å². The number of carboxylic acid groups (broad SMARTS) is 4. The van der Waals surface area contributed by atoms with Gasteiger partial charge in [0.15, 0.2) is 0 Å². The largest absolute Gasteiger partial charge is 1.00 e. The van der Waals surface area contributed by atoms with E-state index in [0.717, 1.165) is 0 Å². The molecule has 0 fully saturated rings. The summed E-state index contributed by atoms with van der Waals surface area (Å²) in [7, 11) is 0. The first kappa shape index (κ1) is 34.2. The Bertz CT molecular complexity index is 278. The zero-order valence-electron chi connectivity index (χ0n) is 13.1. The Kier molecular flexibility index (Phi) is 35.7. The molecule has 0 aromatic heterocycles. The molecule has 0 bridgehead atoms. The molecular formula is C10H18N2Na2O9. The minimum Gasteiger partial charge on any atom is -0.549 e. The van der Waals surface area contributed by atoms with Crippen LogP contribution in [0.3, 0.4) is 0 Å². The number of hydrogen-bond donors (Lipinski definition) is 4. The average molecular weight is 356 g/mol. The van der Waals surface area contributed by atoms with Gasteiger partial charge in [0.05, 0.1) is 24.8 Å². The zero-order valence-corrected chi connectivity index (χ0v) is 17.1. The molecule has 0 rings (SSSR count). The van der Waals surface area contributed by atoms with Crippen molar-refractivity contribution in [2.45, 2.75) is 12.8 Å². The zero-order chi connectivity index (χ0) is 16.0. The molecule has 0 aliphatic heterocycles. The topological polar surface area (TPSA) is 210 Å². The Morgan fingerprint density at radius 1 is 0.739 bits per heavy atom. The fraction of sp³-hybridized carbons (Fsp3) is 0.600. The molecule has 0 radical (unpaired) electrons. The Morgan fingerprint density at radius 2 is 1.00 bits per heavy atom. The van der Waals surface area contributed by atoms with E-state index in [2.05, 4.69) is 10.6 Å². The number of nitrogens with one attached hydrogen (secondary N) is 2. The van der Waals surface area contributed by atoms with Crippen LogP contribution in [0.1, 0.15) is 12.8 Å². The molecule has 0 unspecified atom stereocenters. The predicted molar refractivity (Wildman–Crippen MR) is 63.9 cm³/mol. The van der Waals surface area contributed by atoms with E-state index in [1.807, 2.05) is 0 Å². The summed E-state index contributed by atoms with van der Waals surface area (Å²) in [5.74, 6) is -4.37. The van der Waals surface area contributed by atoms with Gasteiger partial charge in [0.2, 0.25) is 0 Å². The van der Waals surface area contributed by atoms with Crippen molar-refractivity contribution in [3.63, 3.8) is 0 Å². The standard InChI is InChI=1S/2C5H9NO4.2Na.H2O/c2*7-4(8)1-2-6-3-5(9)10;;;/h2*6H,1-3H2,(H,7,8)(H,9,10);;;1H2/q;;2*+1;/p-2. The molecule has 0 aliphatic rings. The van der Waals surface area contributed by atoms with Gasteiger partial charge < -0.3 is 46.1 Å². The van der Waals surface area contributed by atoms with Gasteiger partial charge in [0.25, 0.3) is 0 Å². The second kappa shape index (κ2) is 24.0. The molecule has 0 saturated carbocycles. The maximum Gasteiger partial charge on any atom is 1.00 e. The van der Waals surface area contributed by atoms with Crippen LogP contribution in [-0.4, -0.2) is 65.7 Å². The van der Waals surface area contributed by atoms with Crippen LogP contribution in [0.2, 0.25) is 0 Å². The van der Waals surface area contributed by atoms with Crippen molar-refractivity contribution in [1.82, 2.24) is 10.6 Å². The van der Waals surface area contributed by atoms with Gasteiger partial charge in [-0.15, -0.1) is 0 Å². The molecule has 0 saturated heterocycles. The molecule has 0 amide bonds. The third-order valence-electron chi connectivity index (χ3n) is 1.57. The molecule has 23 heavy (non-hydrogen) atoms. The van der Waals surface area contributed by atoms with Crippen LogP contribution in [0.4, 0.5) is 0 Å². The van der Waals surface area contributed by atoms with Crippen molar-refractivity contribution in [2.75, 3.05) is 26.2 Å². The fourth-order valence-corrected chi connectivity index (χ4v) is 0.772. The molecule has 0 aromatic carbocycles. The van der Waals surface area contributed by atoms with E-state index in [9.17, 15) is 29.4 Å². The van der Waals surface area contributed by atoms with Crippen LogP contribution in [0.5, 0.6) is 0 Å². The second-order valence-electron chi connectivity index (χ2n) is 3.39. The molecule has 0 atom stereocenters. The third kappa shape index (κ3) is 44.9. The van der Waals surface area contributed by atoms with Gasteiger partial charge in [-0.05, 0) is 0 Å². The molecule has 13 heteroatoms.